The van der Waals surface area contributed by atoms with Gasteiger partial charge in [0.2, 0.25) is 5.89 Å². The van der Waals surface area contributed by atoms with Gasteiger partial charge in [0.15, 0.2) is 11.0 Å². The van der Waals surface area contributed by atoms with Crippen LogP contribution in [0.2, 0.25) is 0 Å². The summed E-state index contributed by atoms with van der Waals surface area (Å²) in [5.41, 5.74) is 4.17. The molecule has 2 heterocycles. The maximum absolute atomic E-state index is 5.53. The van der Waals surface area contributed by atoms with Crippen LogP contribution in [0.15, 0.2) is 76.4 Å². The molecule has 0 N–H and O–H groups in total. The minimum absolute atomic E-state index is 0.0673. The van der Waals surface area contributed by atoms with Crippen LogP contribution < -0.4 is 0 Å². The Balaban J connectivity index is 1.58. The monoisotopic (exact) mass is 388 g/mol. The van der Waals surface area contributed by atoms with Crippen molar-refractivity contribution >= 4 is 11.8 Å². The SMILES string of the molecule is Cc1cc(C)nc(SCc2nc(C(c3ccccc3)c3ccccc3)no2)n1. The minimum atomic E-state index is -0.0673. The van der Waals surface area contributed by atoms with Gasteiger partial charge in [-0.15, -0.1) is 0 Å². The van der Waals surface area contributed by atoms with Gasteiger partial charge in [0.05, 0.1) is 11.7 Å². The van der Waals surface area contributed by atoms with Crippen molar-refractivity contribution < 1.29 is 4.52 Å². The summed E-state index contributed by atoms with van der Waals surface area (Å²) in [7, 11) is 0. The molecule has 0 spiro atoms. The smallest absolute Gasteiger partial charge is 0.237 e. The van der Waals surface area contributed by atoms with Crippen LogP contribution in [0.3, 0.4) is 0 Å². The fourth-order valence-corrected chi connectivity index (χ4v) is 3.90. The van der Waals surface area contributed by atoms with Gasteiger partial charge in [0.1, 0.15) is 0 Å². The molecule has 0 saturated carbocycles. The lowest BCUT2D eigenvalue weighted by atomic mass is 9.91. The lowest BCUT2D eigenvalue weighted by Crippen LogP contribution is -2.05. The third-order valence-electron chi connectivity index (χ3n) is 4.29. The predicted molar refractivity (Wildman–Crippen MR) is 109 cm³/mol. The highest BCUT2D eigenvalue weighted by molar-refractivity contribution is 7.98. The number of hydrogen-bond donors (Lipinski definition) is 0. The van der Waals surface area contributed by atoms with Crippen LogP contribution in [0.5, 0.6) is 0 Å². The maximum Gasteiger partial charge on any atom is 0.237 e. The second-order valence-electron chi connectivity index (χ2n) is 6.52. The van der Waals surface area contributed by atoms with Gasteiger partial charge in [-0.1, -0.05) is 77.6 Å². The van der Waals surface area contributed by atoms with E-state index in [-0.39, 0.29) is 5.92 Å². The number of benzene rings is 2. The van der Waals surface area contributed by atoms with Gasteiger partial charge in [-0.05, 0) is 31.0 Å². The highest BCUT2D eigenvalue weighted by Crippen LogP contribution is 2.30. The van der Waals surface area contributed by atoms with Crippen LogP contribution in [-0.2, 0) is 5.75 Å². The Morgan fingerprint density at radius 3 is 1.96 bits per heavy atom. The Labute approximate surface area is 168 Å². The molecule has 0 amide bonds. The molecule has 0 unspecified atom stereocenters. The third-order valence-corrected chi connectivity index (χ3v) is 5.13. The average molecular weight is 388 g/mol. The Morgan fingerprint density at radius 1 is 0.821 bits per heavy atom. The van der Waals surface area contributed by atoms with E-state index in [1.54, 1.807) is 0 Å². The minimum Gasteiger partial charge on any atom is -0.338 e. The number of thioether (sulfide) groups is 1. The molecule has 2 aromatic heterocycles. The van der Waals surface area contributed by atoms with Crippen molar-refractivity contribution in [3.05, 3.63) is 101 Å². The molecular formula is C22H20N4OS. The van der Waals surface area contributed by atoms with Crippen molar-refractivity contribution in [2.75, 3.05) is 0 Å². The highest BCUT2D eigenvalue weighted by atomic mass is 32.2. The normalized spacial score (nSPS) is 11.1. The summed E-state index contributed by atoms with van der Waals surface area (Å²) in [6.45, 7) is 3.93. The van der Waals surface area contributed by atoms with Crippen molar-refractivity contribution in [2.24, 2.45) is 0 Å². The third kappa shape index (κ3) is 4.28. The molecule has 28 heavy (non-hydrogen) atoms. The topological polar surface area (TPSA) is 64.7 Å². The number of aryl methyl sites for hydroxylation is 2. The second-order valence-corrected chi connectivity index (χ2v) is 7.47. The Morgan fingerprint density at radius 2 is 1.39 bits per heavy atom. The van der Waals surface area contributed by atoms with Gasteiger partial charge in [-0.25, -0.2) is 9.97 Å². The molecule has 0 aliphatic rings. The van der Waals surface area contributed by atoms with Crippen molar-refractivity contribution in [2.45, 2.75) is 30.7 Å². The van der Waals surface area contributed by atoms with Crippen molar-refractivity contribution in [3.8, 4) is 0 Å². The van der Waals surface area contributed by atoms with Crippen LogP contribution in [0.1, 0.15) is 40.1 Å². The first-order chi connectivity index (χ1) is 13.7. The maximum atomic E-state index is 5.53. The first kappa shape index (κ1) is 18.4. The molecule has 4 rings (SSSR count). The molecule has 0 saturated heterocycles. The first-order valence-corrected chi connectivity index (χ1v) is 10.0. The van der Waals surface area contributed by atoms with Crippen LogP contribution in [0, 0.1) is 13.8 Å². The van der Waals surface area contributed by atoms with Crippen molar-refractivity contribution in [1.82, 2.24) is 20.1 Å². The number of aromatic nitrogens is 4. The highest BCUT2D eigenvalue weighted by Gasteiger charge is 2.22. The number of nitrogens with zero attached hydrogens (tertiary/aromatic N) is 4. The predicted octanol–water partition coefficient (Wildman–Crippen LogP) is 4.95. The summed E-state index contributed by atoms with van der Waals surface area (Å²) in [5, 5.41) is 5.00. The van der Waals surface area contributed by atoms with Gasteiger partial charge in [0, 0.05) is 11.4 Å². The Kier molecular flexibility index (Phi) is 5.48. The zero-order valence-corrected chi connectivity index (χ0v) is 16.6. The van der Waals surface area contributed by atoms with E-state index in [4.69, 9.17) is 4.52 Å². The zero-order chi connectivity index (χ0) is 19.3. The molecule has 0 bridgehead atoms. The quantitative estimate of drug-likeness (QED) is 0.344. The van der Waals surface area contributed by atoms with E-state index in [0.717, 1.165) is 27.7 Å². The molecule has 0 aliphatic carbocycles. The first-order valence-electron chi connectivity index (χ1n) is 9.06. The van der Waals surface area contributed by atoms with Gasteiger partial charge < -0.3 is 4.52 Å². The van der Waals surface area contributed by atoms with Crippen molar-refractivity contribution in [1.29, 1.82) is 0 Å². The second kappa shape index (κ2) is 8.35. The molecule has 4 aromatic rings. The summed E-state index contributed by atoms with van der Waals surface area (Å²) in [5.74, 6) is 1.70. The van der Waals surface area contributed by atoms with E-state index in [1.165, 1.54) is 11.8 Å². The van der Waals surface area contributed by atoms with Crippen LogP contribution in [0.25, 0.3) is 0 Å². The van der Waals surface area contributed by atoms with E-state index in [1.807, 2.05) is 56.3 Å². The van der Waals surface area contributed by atoms with Gasteiger partial charge in [-0.2, -0.15) is 4.98 Å². The van der Waals surface area contributed by atoms with Crippen molar-refractivity contribution in [3.63, 3.8) is 0 Å². The van der Waals surface area contributed by atoms with E-state index < -0.39 is 0 Å². The van der Waals surface area contributed by atoms with Crippen LogP contribution >= 0.6 is 11.8 Å². The lowest BCUT2D eigenvalue weighted by Gasteiger charge is -2.14. The largest absolute Gasteiger partial charge is 0.338 e. The number of rotatable bonds is 6. The van der Waals surface area contributed by atoms with Gasteiger partial charge in [-0.3, -0.25) is 0 Å². The summed E-state index contributed by atoms with van der Waals surface area (Å²) >= 11 is 1.50. The molecule has 140 valence electrons. The fraction of sp³-hybridized carbons (Fsp3) is 0.182. The van der Waals surface area contributed by atoms with E-state index in [0.29, 0.717) is 17.5 Å². The number of hydrogen-bond acceptors (Lipinski definition) is 6. The Bertz CT molecular complexity index is 991. The molecular weight excluding hydrogens is 368 g/mol. The van der Waals surface area contributed by atoms with Gasteiger partial charge in [0.25, 0.3) is 0 Å². The molecule has 2 aromatic carbocycles. The molecule has 5 nitrogen and oxygen atoms in total. The van der Waals surface area contributed by atoms with E-state index >= 15 is 0 Å². The standard InChI is InChI=1S/C22H20N4OS/c1-15-13-16(2)24-22(23-15)28-14-19-25-21(26-27-19)20(17-9-5-3-6-10-17)18-11-7-4-8-12-18/h3-13,20H,14H2,1-2H3. The Hall–Kier alpha value is -2.99. The molecule has 0 fully saturated rings. The van der Waals surface area contributed by atoms with E-state index in [2.05, 4.69) is 44.4 Å². The average Bonchev–Trinajstić information content (AvgIpc) is 3.16. The fourth-order valence-electron chi connectivity index (χ4n) is 3.11. The lowest BCUT2D eigenvalue weighted by molar-refractivity contribution is 0.384. The summed E-state index contributed by atoms with van der Waals surface area (Å²) < 4.78 is 5.53. The van der Waals surface area contributed by atoms with E-state index in [9.17, 15) is 0 Å². The molecule has 0 radical (unpaired) electrons. The van der Waals surface area contributed by atoms with Crippen LogP contribution in [0.4, 0.5) is 0 Å². The summed E-state index contributed by atoms with van der Waals surface area (Å²) in [4.78, 5) is 13.6. The molecule has 6 heteroatoms. The zero-order valence-electron chi connectivity index (χ0n) is 15.7. The van der Waals surface area contributed by atoms with Crippen LogP contribution in [-0.4, -0.2) is 20.1 Å². The molecule has 0 aliphatic heterocycles. The van der Waals surface area contributed by atoms with Gasteiger partial charge >= 0.3 is 0 Å². The summed E-state index contributed by atoms with van der Waals surface area (Å²) in [6, 6.07) is 22.4. The molecule has 0 atom stereocenters. The summed E-state index contributed by atoms with van der Waals surface area (Å²) in [6.07, 6.45) is 0.